The van der Waals surface area contributed by atoms with Crippen molar-refractivity contribution in [1.29, 1.82) is 0 Å². The number of pyridine rings is 1. The SMILES string of the molecule is CNc1cc(S(=O)(=O)N(C)C2CCOC2C)ccn1. The molecule has 0 aliphatic carbocycles. The lowest BCUT2D eigenvalue weighted by Crippen LogP contribution is -2.40. The van der Waals surface area contributed by atoms with Crippen LogP contribution in [0, 0.1) is 0 Å². The minimum absolute atomic E-state index is 0.0783. The Labute approximate surface area is 113 Å². The van der Waals surface area contributed by atoms with Crippen molar-refractivity contribution in [3.05, 3.63) is 18.3 Å². The third kappa shape index (κ3) is 2.72. The quantitative estimate of drug-likeness (QED) is 0.890. The highest BCUT2D eigenvalue weighted by Crippen LogP contribution is 2.25. The molecule has 1 fully saturated rings. The topological polar surface area (TPSA) is 71.5 Å². The monoisotopic (exact) mass is 285 g/mol. The first kappa shape index (κ1) is 14.2. The molecular formula is C12H19N3O3S. The first-order chi connectivity index (χ1) is 8.96. The molecule has 1 aliphatic heterocycles. The van der Waals surface area contributed by atoms with Gasteiger partial charge in [-0.2, -0.15) is 4.31 Å². The van der Waals surface area contributed by atoms with Gasteiger partial charge >= 0.3 is 0 Å². The highest BCUT2D eigenvalue weighted by atomic mass is 32.2. The van der Waals surface area contributed by atoms with E-state index in [4.69, 9.17) is 4.74 Å². The van der Waals surface area contributed by atoms with Gasteiger partial charge in [-0.1, -0.05) is 0 Å². The Kier molecular flexibility index (Phi) is 4.07. The molecule has 1 aromatic heterocycles. The number of nitrogens with zero attached hydrogens (tertiary/aromatic N) is 2. The molecule has 19 heavy (non-hydrogen) atoms. The predicted octanol–water partition coefficient (Wildman–Crippen LogP) is 0.921. The summed E-state index contributed by atoms with van der Waals surface area (Å²) in [4.78, 5) is 4.27. The summed E-state index contributed by atoms with van der Waals surface area (Å²) in [7, 11) is -0.209. The summed E-state index contributed by atoms with van der Waals surface area (Å²) in [5.41, 5.74) is 0. The average molecular weight is 285 g/mol. The van der Waals surface area contributed by atoms with E-state index in [0.717, 1.165) is 6.42 Å². The molecule has 0 radical (unpaired) electrons. The second kappa shape index (κ2) is 5.44. The molecule has 0 spiro atoms. The minimum Gasteiger partial charge on any atom is -0.377 e. The van der Waals surface area contributed by atoms with Crippen LogP contribution >= 0.6 is 0 Å². The Morgan fingerprint density at radius 3 is 2.84 bits per heavy atom. The van der Waals surface area contributed by atoms with Gasteiger partial charge in [0.1, 0.15) is 5.82 Å². The molecule has 106 valence electrons. The van der Waals surface area contributed by atoms with Crippen LogP contribution in [0.3, 0.4) is 0 Å². The van der Waals surface area contributed by atoms with Crippen molar-refractivity contribution < 1.29 is 13.2 Å². The molecular weight excluding hydrogens is 266 g/mol. The lowest BCUT2D eigenvalue weighted by Gasteiger charge is -2.26. The fourth-order valence-corrected chi connectivity index (χ4v) is 3.71. The number of hydrogen-bond donors (Lipinski definition) is 1. The van der Waals surface area contributed by atoms with Crippen LogP contribution < -0.4 is 5.32 Å². The van der Waals surface area contributed by atoms with Crippen LogP contribution in [0.15, 0.2) is 23.2 Å². The van der Waals surface area contributed by atoms with Crippen molar-refractivity contribution in [3.63, 3.8) is 0 Å². The molecule has 2 rings (SSSR count). The normalized spacial score (nSPS) is 23.8. The summed E-state index contributed by atoms with van der Waals surface area (Å²) < 4.78 is 31.9. The Bertz CT molecular complexity index is 547. The van der Waals surface area contributed by atoms with Crippen LogP contribution in [-0.4, -0.2) is 50.6 Å². The fourth-order valence-electron chi connectivity index (χ4n) is 2.25. The van der Waals surface area contributed by atoms with E-state index in [2.05, 4.69) is 10.3 Å². The number of ether oxygens (including phenoxy) is 1. The number of rotatable bonds is 4. The zero-order valence-electron chi connectivity index (χ0n) is 11.3. The summed E-state index contributed by atoms with van der Waals surface area (Å²) in [6.07, 6.45) is 2.13. The smallest absolute Gasteiger partial charge is 0.243 e. The number of hydrogen-bond acceptors (Lipinski definition) is 5. The molecule has 0 aromatic carbocycles. The molecule has 1 aliphatic rings. The van der Waals surface area contributed by atoms with Crippen LogP contribution in [0.2, 0.25) is 0 Å². The molecule has 1 aromatic rings. The van der Waals surface area contributed by atoms with Gasteiger partial charge in [0, 0.05) is 33.0 Å². The van der Waals surface area contributed by atoms with Gasteiger partial charge in [-0.25, -0.2) is 13.4 Å². The van der Waals surface area contributed by atoms with E-state index < -0.39 is 10.0 Å². The first-order valence-electron chi connectivity index (χ1n) is 6.20. The van der Waals surface area contributed by atoms with E-state index in [0.29, 0.717) is 12.4 Å². The minimum atomic E-state index is -3.51. The molecule has 2 atom stereocenters. The van der Waals surface area contributed by atoms with Crippen molar-refractivity contribution in [1.82, 2.24) is 9.29 Å². The van der Waals surface area contributed by atoms with Gasteiger partial charge in [-0.15, -0.1) is 0 Å². The maximum atomic E-state index is 12.5. The second-order valence-corrected chi connectivity index (χ2v) is 6.58. The number of nitrogens with one attached hydrogen (secondary N) is 1. The lowest BCUT2D eigenvalue weighted by atomic mass is 10.2. The van der Waals surface area contributed by atoms with Crippen LogP contribution in [0.5, 0.6) is 0 Å². The average Bonchev–Trinajstić information content (AvgIpc) is 2.84. The first-order valence-corrected chi connectivity index (χ1v) is 7.64. The summed E-state index contributed by atoms with van der Waals surface area (Å²) in [6, 6.07) is 2.93. The number of sulfonamides is 1. The molecule has 0 amide bonds. The van der Waals surface area contributed by atoms with Gasteiger partial charge in [0.2, 0.25) is 10.0 Å². The van der Waals surface area contributed by atoms with Gasteiger partial charge in [0.15, 0.2) is 0 Å². The van der Waals surface area contributed by atoms with E-state index in [-0.39, 0.29) is 17.0 Å². The molecule has 1 N–H and O–H groups in total. The predicted molar refractivity (Wildman–Crippen MR) is 72.6 cm³/mol. The van der Waals surface area contributed by atoms with Crippen LogP contribution in [-0.2, 0) is 14.8 Å². The molecule has 2 heterocycles. The van der Waals surface area contributed by atoms with Crippen molar-refractivity contribution >= 4 is 15.8 Å². The van der Waals surface area contributed by atoms with Crippen molar-refractivity contribution in [3.8, 4) is 0 Å². The number of aromatic nitrogens is 1. The van der Waals surface area contributed by atoms with Gasteiger partial charge in [0.05, 0.1) is 17.0 Å². The molecule has 0 saturated carbocycles. The summed E-state index contributed by atoms with van der Waals surface area (Å²) in [5, 5.41) is 2.84. The van der Waals surface area contributed by atoms with Gasteiger partial charge in [-0.05, 0) is 19.4 Å². The third-order valence-corrected chi connectivity index (χ3v) is 5.35. The van der Waals surface area contributed by atoms with E-state index in [1.165, 1.54) is 22.6 Å². The van der Waals surface area contributed by atoms with Crippen molar-refractivity contribution in [2.75, 3.05) is 26.0 Å². The molecule has 7 heteroatoms. The maximum absolute atomic E-state index is 12.5. The number of likely N-dealkylation sites (N-methyl/N-ethyl adjacent to an activating group) is 1. The zero-order chi connectivity index (χ0) is 14.0. The van der Waals surface area contributed by atoms with Crippen LogP contribution in [0.4, 0.5) is 5.82 Å². The standard InChI is InChI=1S/C12H19N3O3S/c1-9-11(5-7-18-9)15(3)19(16,17)10-4-6-14-12(8-10)13-2/h4,6,8-9,11H,5,7H2,1-3H3,(H,13,14). The van der Waals surface area contributed by atoms with E-state index in [9.17, 15) is 8.42 Å². The highest BCUT2D eigenvalue weighted by molar-refractivity contribution is 7.89. The molecule has 6 nitrogen and oxygen atoms in total. The second-order valence-electron chi connectivity index (χ2n) is 4.58. The van der Waals surface area contributed by atoms with Crippen molar-refractivity contribution in [2.24, 2.45) is 0 Å². The van der Waals surface area contributed by atoms with E-state index >= 15 is 0 Å². The highest BCUT2D eigenvalue weighted by Gasteiger charge is 2.35. The maximum Gasteiger partial charge on any atom is 0.243 e. The Balaban J connectivity index is 2.30. The van der Waals surface area contributed by atoms with Gasteiger partial charge in [-0.3, -0.25) is 0 Å². The summed E-state index contributed by atoms with van der Waals surface area (Å²) in [5.74, 6) is 0.533. The molecule has 2 unspecified atom stereocenters. The Morgan fingerprint density at radius 1 is 1.53 bits per heavy atom. The summed E-state index contributed by atoms with van der Waals surface area (Å²) >= 11 is 0. The Morgan fingerprint density at radius 2 is 2.26 bits per heavy atom. The molecule has 0 bridgehead atoms. The van der Waals surface area contributed by atoms with Gasteiger partial charge in [0.25, 0.3) is 0 Å². The van der Waals surface area contributed by atoms with E-state index in [1.807, 2.05) is 6.92 Å². The summed E-state index contributed by atoms with van der Waals surface area (Å²) in [6.45, 7) is 2.50. The number of anilines is 1. The fraction of sp³-hybridized carbons (Fsp3) is 0.583. The lowest BCUT2D eigenvalue weighted by molar-refractivity contribution is 0.102. The van der Waals surface area contributed by atoms with E-state index in [1.54, 1.807) is 14.1 Å². The van der Waals surface area contributed by atoms with Gasteiger partial charge < -0.3 is 10.1 Å². The van der Waals surface area contributed by atoms with Crippen molar-refractivity contribution in [2.45, 2.75) is 30.4 Å². The third-order valence-electron chi connectivity index (χ3n) is 3.47. The zero-order valence-corrected chi connectivity index (χ0v) is 12.1. The van der Waals surface area contributed by atoms with Crippen LogP contribution in [0.25, 0.3) is 0 Å². The largest absolute Gasteiger partial charge is 0.377 e. The Hall–Kier alpha value is -1.18. The molecule has 1 saturated heterocycles. The van der Waals surface area contributed by atoms with Crippen LogP contribution in [0.1, 0.15) is 13.3 Å².